The highest BCUT2D eigenvalue weighted by molar-refractivity contribution is 9.10. The number of halogens is 2. The molecule has 0 radical (unpaired) electrons. The molecule has 0 atom stereocenters. The molecule has 3 aromatic rings. The number of rotatable bonds is 4. The van der Waals surface area contributed by atoms with E-state index in [2.05, 4.69) is 31.4 Å². The Hall–Kier alpha value is -1.37. The molecule has 1 N–H and O–H groups in total. The summed E-state index contributed by atoms with van der Waals surface area (Å²) in [7, 11) is 1.93. The standard InChI is InChI=1S/C14H12BrClN4S/c1-20-8-18-19-14(20)10-4-2-3-5-12(10)17-7-9-6-11(15)13(16)21-9/h2-6,8,17H,7H2,1H3. The Morgan fingerprint density at radius 2 is 2.19 bits per heavy atom. The lowest BCUT2D eigenvalue weighted by Crippen LogP contribution is -2.01. The molecule has 21 heavy (non-hydrogen) atoms. The molecule has 7 heteroatoms. The first-order valence-electron chi connectivity index (χ1n) is 6.26. The van der Waals surface area contributed by atoms with E-state index in [0.29, 0.717) is 6.54 Å². The zero-order valence-corrected chi connectivity index (χ0v) is 14.3. The Labute approximate surface area is 139 Å². The molecule has 0 saturated carbocycles. The van der Waals surface area contributed by atoms with Crippen LogP contribution in [0.25, 0.3) is 11.4 Å². The topological polar surface area (TPSA) is 42.7 Å². The van der Waals surface area contributed by atoms with Crippen LogP contribution in [0.3, 0.4) is 0 Å². The molecule has 4 nitrogen and oxygen atoms in total. The van der Waals surface area contributed by atoms with Crippen LogP contribution in [0.2, 0.25) is 4.34 Å². The van der Waals surface area contributed by atoms with E-state index in [1.165, 1.54) is 4.88 Å². The second kappa shape index (κ2) is 6.17. The van der Waals surface area contributed by atoms with Gasteiger partial charge in [-0.25, -0.2) is 0 Å². The van der Waals surface area contributed by atoms with Crippen LogP contribution in [0.4, 0.5) is 5.69 Å². The number of aromatic nitrogens is 3. The summed E-state index contributed by atoms with van der Waals surface area (Å²) >= 11 is 11.1. The highest BCUT2D eigenvalue weighted by atomic mass is 79.9. The number of hydrogen-bond donors (Lipinski definition) is 1. The van der Waals surface area contributed by atoms with Crippen LogP contribution >= 0.6 is 38.9 Å². The zero-order valence-electron chi connectivity index (χ0n) is 11.2. The number of para-hydroxylation sites is 1. The van der Waals surface area contributed by atoms with Gasteiger partial charge in [-0.3, -0.25) is 0 Å². The molecule has 0 aliphatic heterocycles. The number of thiophene rings is 1. The van der Waals surface area contributed by atoms with E-state index in [9.17, 15) is 0 Å². The normalized spacial score (nSPS) is 10.8. The molecular weight excluding hydrogens is 372 g/mol. The molecule has 0 spiro atoms. The lowest BCUT2D eigenvalue weighted by Gasteiger charge is -2.10. The van der Waals surface area contributed by atoms with E-state index in [1.807, 2.05) is 41.9 Å². The zero-order chi connectivity index (χ0) is 14.8. The lowest BCUT2D eigenvalue weighted by atomic mass is 10.1. The van der Waals surface area contributed by atoms with Gasteiger partial charge in [0.05, 0.1) is 0 Å². The van der Waals surface area contributed by atoms with E-state index in [-0.39, 0.29) is 0 Å². The summed E-state index contributed by atoms with van der Waals surface area (Å²) in [5, 5.41) is 11.5. The van der Waals surface area contributed by atoms with Crippen LogP contribution in [0.15, 0.2) is 41.1 Å². The Kier molecular flexibility index (Phi) is 4.28. The molecule has 1 aromatic carbocycles. The van der Waals surface area contributed by atoms with Crippen molar-refractivity contribution in [2.45, 2.75) is 6.54 Å². The predicted octanol–water partition coefficient (Wildman–Crippen LogP) is 4.57. The third-order valence-electron chi connectivity index (χ3n) is 3.03. The molecule has 0 fully saturated rings. The highest BCUT2D eigenvalue weighted by Gasteiger charge is 2.10. The monoisotopic (exact) mass is 382 g/mol. The molecule has 108 valence electrons. The van der Waals surface area contributed by atoms with Gasteiger partial charge in [-0.05, 0) is 34.1 Å². The van der Waals surface area contributed by atoms with Gasteiger partial charge in [-0.15, -0.1) is 21.5 Å². The fraction of sp³-hybridized carbons (Fsp3) is 0.143. The number of benzene rings is 1. The molecule has 0 unspecified atom stereocenters. The Bertz CT molecular complexity index is 748. The first kappa shape index (κ1) is 14.6. The van der Waals surface area contributed by atoms with Gasteiger partial charge in [0.15, 0.2) is 5.82 Å². The van der Waals surface area contributed by atoms with Crippen LogP contribution in [-0.4, -0.2) is 14.8 Å². The predicted molar refractivity (Wildman–Crippen MR) is 90.8 cm³/mol. The van der Waals surface area contributed by atoms with Crippen molar-refractivity contribution in [3.05, 3.63) is 50.3 Å². The van der Waals surface area contributed by atoms with Crippen LogP contribution in [0, 0.1) is 0 Å². The van der Waals surface area contributed by atoms with E-state index >= 15 is 0 Å². The maximum Gasteiger partial charge on any atom is 0.165 e. The highest BCUT2D eigenvalue weighted by Crippen LogP contribution is 2.33. The smallest absolute Gasteiger partial charge is 0.165 e. The number of hydrogen-bond acceptors (Lipinski definition) is 4. The SMILES string of the molecule is Cn1cnnc1-c1ccccc1NCc1cc(Br)c(Cl)s1. The third kappa shape index (κ3) is 3.12. The van der Waals surface area contributed by atoms with Crippen molar-refractivity contribution in [3.63, 3.8) is 0 Å². The first-order valence-corrected chi connectivity index (χ1v) is 8.25. The van der Waals surface area contributed by atoms with Gasteiger partial charge in [0.1, 0.15) is 10.7 Å². The van der Waals surface area contributed by atoms with Gasteiger partial charge in [-0.2, -0.15) is 0 Å². The summed E-state index contributed by atoms with van der Waals surface area (Å²) in [5.41, 5.74) is 2.05. The van der Waals surface area contributed by atoms with Crippen LogP contribution in [-0.2, 0) is 13.6 Å². The fourth-order valence-electron chi connectivity index (χ4n) is 2.02. The first-order chi connectivity index (χ1) is 10.1. The lowest BCUT2D eigenvalue weighted by molar-refractivity contribution is 0.919. The molecule has 3 rings (SSSR count). The van der Waals surface area contributed by atoms with Crippen LogP contribution < -0.4 is 5.32 Å². The van der Waals surface area contributed by atoms with Crippen molar-refractivity contribution < 1.29 is 0 Å². The second-order valence-electron chi connectivity index (χ2n) is 4.50. The summed E-state index contributed by atoms with van der Waals surface area (Å²) in [6.07, 6.45) is 1.70. The average molecular weight is 384 g/mol. The summed E-state index contributed by atoms with van der Waals surface area (Å²) in [6, 6.07) is 10.1. The summed E-state index contributed by atoms with van der Waals surface area (Å²) in [4.78, 5) is 1.17. The minimum atomic E-state index is 0.713. The quantitative estimate of drug-likeness (QED) is 0.717. The summed E-state index contributed by atoms with van der Waals surface area (Å²) < 4.78 is 3.61. The Morgan fingerprint density at radius 3 is 2.86 bits per heavy atom. The largest absolute Gasteiger partial charge is 0.380 e. The van der Waals surface area contributed by atoms with E-state index in [1.54, 1.807) is 17.7 Å². The van der Waals surface area contributed by atoms with E-state index in [0.717, 1.165) is 25.9 Å². The minimum Gasteiger partial charge on any atom is -0.380 e. The van der Waals surface area contributed by atoms with Crippen molar-refractivity contribution in [1.29, 1.82) is 0 Å². The summed E-state index contributed by atoms with van der Waals surface area (Å²) in [6.45, 7) is 0.713. The van der Waals surface area contributed by atoms with Crippen molar-refractivity contribution in [1.82, 2.24) is 14.8 Å². The van der Waals surface area contributed by atoms with Crippen LogP contribution in [0.5, 0.6) is 0 Å². The Balaban J connectivity index is 1.84. The minimum absolute atomic E-state index is 0.713. The molecule has 0 aliphatic carbocycles. The summed E-state index contributed by atoms with van der Waals surface area (Å²) in [5.74, 6) is 0.837. The van der Waals surface area contributed by atoms with Gasteiger partial charge in [-0.1, -0.05) is 23.7 Å². The fourth-order valence-corrected chi connectivity index (χ4v) is 3.75. The molecule has 0 saturated heterocycles. The van der Waals surface area contributed by atoms with Gasteiger partial charge in [0.2, 0.25) is 0 Å². The van der Waals surface area contributed by atoms with Crippen molar-refractivity contribution in [3.8, 4) is 11.4 Å². The van der Waals surface area contributed by atoms with Gasteiger partial charge < -0.3 is 9.88 Å². The third-order valence-corrected chi connectivity index (χ3v) is 5.50. The van der Waals surface area contributed by atoms with E-state index in [4.69, 9.17) is 11.6 Å². The van der Waals surface area contributed by atoms with Crippen molar-refractivity contribution >= 4 is 44.6 Å². The van der Waals surface area contributed by atoms with E-state index < -0.39 is 0 Å². The Morgan fingerprint density at radius 1 is 1.38 bits per heavy atom. The molecule has 0 bridgehead atoms. The molecule has 2 heterocycles. The molecule has 0 amide bonds. The van der Waals surface area contributed by atoms with Crippen LogP contribution in [0.1, 0.15) is 4.88 Å². The van der Waals surface area contributed by atoms with Gasteiger partial charge in [0, 0.05) is 34.2 Å². The average Bonchev–Trinajstić information content (AvgIpc) is 3.03. The van der Waals surface area contributed by atoms with Crippen molar-refractivity contribution in [2.75, 3.05) is 5.32 Å². The second-order valence-corrected chi connectivity index (χ2v) is 7.09. The maximum atomic E-state index is 6.07. The number of aryl methyl sites for hydroxylation is 1. The molecular formula is C14H12BrClN4S. The number of anilines is 1. The maximum absolute atomic E-state index is 6.07. The van der Waals surface area contributed by atoms with Crippen molar-refractivity contribution in [2.24, 2.45) is 7.05 Å². The molecule has 2 aromatic heterocycles. The number of nitrogens with one attached hydrogen (secondary N) is 1. The van der Waals surface area contributed by atoms with Gasteiger partial charge in [0.25, 0.3) is 0 Å². The van der Waals surface area contributed by atoms with Gasteiger partial charge >= 0.3 is 0 Å². The number of nitrogens with zero attached hydrogens (tertiary/aromatic N) is 3. The molecule has 0 aliphatic rings.